The van der Waals surface area contributed by atoms with E-state index in [0.29, 0.717) is 61.9 Å². The molecule has 0 aliphatic carbocycles. The minimum absolute atomic E-state index is 0.192. The fourth-order valence-electron chi connectivity index (χ4n) is 5.10. The van der Waals surface area contributed by atoms with Crippen molar-refractivity contribution in [2.24, 2.45) is 54.7 Å². The Kier molecular flexibility index (Phi) is 69.0. The molecule has 0 saturated carbocycles. The number of rotatable bonds is 25. The molecule has 0 saturated heterocycles. The summed E-state index contributed by atoms with van der Waals surface area (Å²) in [5, 5.41) is 0. The highest BCUT2D eigenvalue weighted by molar-refractivity contribution is 7.88. The van der Waals surface area contributed by atoms with Crippen LogP contribution in [0.1, 0.15) is 293 Å². The molecule has 0 aromatic rings. The first kappa shape index (κ1) is 102. The fraction of sp³-hybridized carbons (Fsp3) is 1.00. The van der Waals surface area contributed by atoms with E-state index in [0.717, 1.165) is 111 Å². The van der Waals surface area contributed by atoms with Crippen LogP contribution in [0.5, 0.6) is 0 Å². The van der Waals surface area contributed by atoms with Crippen LogP contribution in [0.15, 0.2) is 0 Å². The highest BCUT2D eigenvalue weighted by atomic mass is 32.2. The molecule has 1 unspecified atom stereocenters. The second kappa shape index (κ2) is 56.6. The maximum atomic E-state index is 10.6. The Morgan fingerprint density at radius 1 is 0.405 bits per heavy atom. The minimum Gasteiger partial charge on any atom is -0.385 e. The Morgan fingerprint density at radius 3 is 0.940 bits per heavy atom. The lowest BCUT2D eigenvalue weighted by Crippen LogP contribution is -2.26. The first-order valence-corrected chi connectivity index (χ1v) is 34.6. The molecule has 0 spiro atoms. The van der Waals surface area contributed by atoms with Gasteiger partial charge in [-0.25, -0.2) is 13.1 Å². The summed E-state index contributed by atoms with van der Waals surface area (Å²) in [6.07, 6.45) is 13.0. The molecule has 12 heteroatoms. The Bertz CT molecular complexity index is 1360. The second-order valence-electron chi connectivity index (χ2n) is 33.9. The average Bonchev–Trinajstić information content (AvgIpc) is 3.25. The molecular weight excluding hydrogens is 1070 g/mol. The Labute approximate surface area is 533 Å². The number of hydrogen-bond acceptors (Lipinski definition) is 10. The standard InChI is InChI=1S/2C9H20O.C8H19N.4C8H18O.C7H17NO2S.C7H16O/c1-8(2)10-7-6-9(3,4)5;1-5-7-10-8-6-9(2,3)4;1-8(2,3)6-7-9(4)5;1-7(6-9-5)8(2,3)4;1-8(2,3)6-5-7-9-4;2*1-5-9-7-6-8(2,3)4;1-7(2,3)5-6-8-11(4,9)10;1-7(2,3)5-6-8-4/h8H,6-7H2,1-5H3;5-8H2,1-4H3;6-7H2,1-5H3;7H,6H2,1-5H3;3*5-7H2,1-4H3;8H,5-6H2,1-4H3;5-6H2,1-4H3. The first-order valence-electron chi connectivity index (χ1n) is 32.7. The fourth-order valence-corrected chi connectivity index (χ4v) is 5.57. The van der Waals surface area contributed by atoms with Gasteiger partial charge in [-0.3, -0.25) is 0 Å². The summed E-state index contributed by atoms with van der Waals surface area (Å²) in [5.41, 5.74) is 3.65. The molecule has 1 atom stereocenters. The van der Waals surface area contributed by atoms with Crippen molar-refractivity contribution in [3.8, 4) is 0 Å². The molecule has 0 fully saturated rings. The van der Waals surface area contributed by atoms with Gasteiger partial charge in [0.25, 0.3) is 0 Å². The third kappa shape index (κ3) is 149. The van der Waals surface area contributed by atoms with Crippen molar-refractivity contribution in [1.82, 2.24) is 9.62 Å². The van der Waals surface area contributed by atoms with Crippen molar-refractivity contribution in [3.05, 3.63) is 0 Å². The van der Waals surface area contributed by atoms with E-state index < -0.39 is 10.0 Å². The summed E-state index contributed by atoms with van der Waals surface area (Å²) in [7, 11) is 6.48. The summed E-state index contributed by atoms with van der Waals surface area (Å²) in [5.74, 6) is 0.641. The van der Waals surface area contributed by atoms with Gasteiger partial charge in [-0.1, -0.05) is 201 Å². The zero-order valence-corrected chi connectivity index (χ0v) is 66.1. The van der Waals surface area contributed by atoms with E-state index in [-0.39, 0.29) is 5.41 Å². The molecule has 11 nitrogen and oxygen atoms in total. The lowest BCUT2D eigenvalue weighted by Gasteiger charge is -2.26. The molecule has 0 aromatic heterocycles. The van der Waals surface area contributed by atoms with E-state index in [1.54, 1.807) is 21.3 Å². The largest absolute Gasteiger partial charge is 0.385 e. The molecule has 84 heavy (non-hydrogen) atoms. The van der Waals surface area contributed by atoms with Crippen molar-refractivity contribution in [1.29, 1.82) is 0 Å². The van der Waals surface area contributed by atoms with Gasteiger partial charge < -0.3 is 38.1 Å². The van der Waals surface area contributed by atoms with Gasteiger partial charge in [0.2, 0.25) is 10.0 Å². The van der Waals surface area contributed by atoms with E-state index in [4.69, 9.17) is 33.2 Å². The van der Waals surface area contributed by atoms with Crippen LogP contribution in [0.25, 0.3) is 0 Å². The molecule has 0 aromatic carbocycles. The van der Waals surface area contributed by atoms with Crippen molar-refractivity contribution in [2.75, 3.05) is 121 Å². The quantitative estimate of drug-likeness (QED) is 0.0887. The highest BCUT2D eigenvalue weighted by Crippen LogP contribution is 2.25. The molecule has 0 rings (SSSR count). The minimum atomic E-state index is -3.00. The molecule has 0 bridgehead atoms. The van der Waals surface area contributed by atoms with Gasteiger partial charge in [0.15, 0.2) is 0 Å². The van der Waals surface area contributed by atoms with Crippen LogP contribution in [0.2, 0.25) is 0 Å². The zero-order chi connectivity index (χ0) is 68.9. The maximum absolute atomic E-state index is 10.6. The third-order valence-electron chi connectivity index (χ3n) is 11.8. The second-order valence-corrected chi connectivity index (χ2v) is 35.8. The van der Waals surface area contributed by atoms with Crippen LogP contribution in [-0.2, 0) is 43.2 Å². The topological polar surface area (TPSA) is 114 Å². The summed E-state index contributed by atoms with van der Waals surface area (Å²) >= 11 is 0. The van der Waals surface area contributed by atoms with Gasteiger partial charge in [0, 0.05) is 93.9 Å². The molecule has 0 radical (unpaired) electrons. The van der Waals surface area contributed by atoms with Crippen LogP contribution in [0.4, 0.5) is 0 Å². The van der Waals surface area contributed by atoms with Crippen LogP contribution >= 0.6 is 0 Å². The SMILES string of the molecule is CC(C)(C)CCNS(C)(=O)=O.CC(C)OCCC(C)(C)C.CCCOCCC(C)(C)C.CCOCCC(C)(C)C.CCOCCC(C)(C)C.CN(C)CCC(C)(C)C.COCC(C)C(C)(C)C.COCCC(C)(C)C.COCCCC(C)(C)C. The summed E-state index contributed by atoms with van der Waals surface area (Å²) in [6, 6.07) is 0. The van der Waals surface area contributed by atoms with Crippen LogP contribution in [0, 0.1) is 54.7 Å². The smallest absolute Gasteiger partial charge is 0.208 e. The van der Waals surface area contributed by atoms with Gasteiger partial charge in [0.05, 0.1) is 12.4 Å². The predicted molar refractivity (Wildman–Crippen MR) is 378 cm³/mol. The monoisotopic (exact) mass is 1230 g/mol. The molecule has 522 valence electrons. The average molecular weight is 1230 g/mol. The summed E-state index contributed by atoms with van der Waals surface area (Å²) in [4.78, 5) is 2.23. The third-order valence-corrected chi connectivity index (χ3v) is 12.6. The number of sulfonamides is 1. The number of nitrogens with one attached hydrogen (secondary N) is 1. The van der Waals surface area contributed by atoms with Crippen LogP contribution < -0.4 is 4.72 Å². The lowest BCUT2D eigenvalue weighted by atomic mass is 9.83. The molecule has 0 aliphatic heterocycles. The number of ether oxygens (including phenoxy) is 7. The normalized spacial score (nSPS) is 12.7. The van der Waals surface area contributed by atoms with Gasteiger partial charge >= 0.3 is 0 Å². The van der Waals surface area contributed by atoms with Crippen molar-refractivity contribution >= 4 is 10.0 Å². The molecule has 1 N–H and O–H groups in total. The van der Waals surface area contributed by atoms with Crippen molar-refractivity contribution < 1.29 is 41.6 Å². The van der Waals surface area contributed by atoms with Crippen LogP contribution in [0.3, 0.4) is 0 Å². The Morgan fingerprint density at radius 2 is 0.726 bits per heavy atom. The highest BCUT2D eigenvalue weighted by Gasteiger charge is 2.19. The van der Waals surface area contributed by atoms with Crippen molar-refractivity contribution in [2.45, 2.75) is 299 Å². The number of methoxy groups -OCH3 is 3. The predicted octanol–water partition coefficient (Wildman–Crippen LogP) is 20.4. The lowest BCUT2D eigenvalue weighted by molar-refractivity contribution is 0.0604. The first-order chi connectivity index (χ1) is 37.3. The Hall–Kier alpha value is -0.410. The van der Waals surface area contributed by atoms with Gasteiger partial charge in [0.1, 0.15) is 0 Å². The summed E-state index contributed by atoms with van der Waals surface area (Å²) < 4.78 is 59.7. The zero-order valence-electron chi connectivity index (χ0n) is 65.2. The van der Waals surface area contributed by atoms with E-state index in [1.807, 2.05) is 13.8 Å². The maximum Gasteiger partial charge on any atom is 0.208 e. The summed E-state index contributed by atoms with van der Waals surface area (Å²) in [6.45, 7) is 83.1. The van der Waals surface area contributed by atoms with Crippen molar-refractivity contribution in [3.63, 3.8) is 0 Å². The Balaban J connectivity index is -0.000000108. The van der Waals surface area contributed by atoms with E-state index in [9.17, 15) is 8.42 Å². The molecule has 0 aliphatic rings. The van der Waals surface area contributed by atoms with Gasteiger partial charge in [-0.05, 0) is 167 Å². The van der Waals surface area contributed by atoms with Gasteiger partial charge in [-0.2, -0.15) is 0 Å². The number of hydrogen-bond donors (Lipinski definition) is 1. The van der Waals surface area contributed by atoms with E-state index in [2.05, 4.69) is 238 Å². The molecular formula is C72H164N2O9S. The van der Waals surface area contributed by atoms with Gasteiger partial charge in [-0.15, -0.1) is 0 Å². The van der Waals surface area contributed by atoms with Crippen LogP contribution in [-0.4, -0.2) is 140 Å². The van der Waals surface area contributed by atoms with E-state index >= 15 is 0 Å². The molecule has 0 heterocycles. The van der Waals surface area contributed by atoms with E-state index in [1.165, 1.54) is 32.1 Å². The number of nitrogens with zero attached hydrogens (tertiary/aromatic N) is 1. The molecule has 0 amide bonds.